The predicted octanol–water partition coefficient (Wildman–Crippen LogP) is 3.60. The Morgan fingerprint density at radius 1 is 1.07 bits per heavy atom. The molecule has 2 rings (SSSR count). The number of aliphatic imine (C=N–C) groups is 1. The molecule has 8 heteroatoms. The monoisotopic (exact) mass is 517 g/mol. The molecule has 6 nitrogen and oxygen atoms in total. The Kier molecular flexibility index (Phi) is 12.1. The molecule has 2 aromatic rings. The molecule has 0 saturated carbocycles. The molecular weight excluding hydrogens is 488 g/mol. The van der Waals surface area contributed by atoms with Crippen LogP contribution in [0.4, 0.5) is 4.39 Å². The summed E-state index contributed by atoms with van der Waals surface area (Å²) in [5.41, 5.74) is 1.10. The number of benzene rings is 2. The van der Waals surface area contributed by atoms with Crippen molar-refractivity contribution in [2.75, 3.05) is 33.9 Å². The Morgan fingerprint density at radius 3 is 2.45 bits per heavy atom. The van der Waals surface area contributed by atoms with Gasteiger partial charge in [-0.1, -0.05) is 24.3 Å². The number of guanidine groups is 1. The third kappa shape index (κ3) is 9.31. The number of halogens is 2. The zero-order valence-electron chi connectivity index (χ0n) is 17.0. The van der Waals surface area contributed by atoms with Gasteiger partial charge in [-0.05, 0) is 36.8 Å². The van der Waals surface area contributed by atoms with Crippen LogP contribution in [0.3, 0.4) is 0 Å². The first-order valence-corrected chi connectivity index (χ1v) is 9.18. The summed E-state index contributed by atoms with van der Waals surface area (Å²) in [4.78, 5) is 4.19. The summed E-state index contributed by atoms with van der Waals surface area (Å²) < 4.78 is 29.8. The average molecular weight is 517 g/mol. The van der Waals surface area contributed by atoms with E-state index < -0.39 is 0 Å². The van der Waals surface area contributed by atoms with Gasteiger partial charge in [0, 0.05) is 20.7 Å². The molecule has 0 fully saturated rings. The Balaban J connectivity index is 0.00000420. The Bertz CT molecular complexity index is 744. The van der Waals surface area contributed by atoms with E-state index in [4.69, 9.17) is 14.2 Å². The Labute approximate surface area is 188 Å². The summed E-state index contributed by atoms with van der Waals surface area (Å²) in [6, 6.07) is 14.2. The molecule has 1 unspecified atom stereocenters. The fourth-order valence-electron chi connectivity index (χ4n) is 2.39. The van der Waals surface area contributed by atoms with E-state index in [9.17, 15) is 4.39 Å². The van der Waals surface area contributed by atoms with Gasteiger partial charge >= 0.3 is 0 Å². The van der Waals surface area contributed by atoms with Crippen molar-refractivity contribution in [1.82, 2.24) is 10.6 Å². The summed E-state index contributed by atoms with van der Waals surface area (Å²) in [7, 11) is 3.34. The van der Waals surface area contributed by atoms with E-state index in [-0.39, 0.29) is 41.6 Å². The van der Waals surface area contributed by atoms with Crippen LogP contribution in [-0.2, 0) is 11.3 Å². The van der Waals surface area contributed by atoms with Crippen LogP contribution in [0.15, 0.2) is 53.5 Å². The number of methoxy groups -OCH3 is 1. The molecule has 0 bridgehead atoms. The minimum absolute atomic E-state index is 0. The molecule has 0 amide bonds. The third-order valence-electron chi connectivity index (χ3n) is 3.88. The molecule has 0 aliphatic carbocycles. The number of hydrogen-bond donors (Lipinski definition) is 2. The zero-order valence-corrected chi connectivity index (χ0v) is 19.3. The van der Waals surface area contributed by atoms with Gasteiger partial charge in [-0.15, -0.1) is 24.0 Å². The molecule has 0 saturated heterocycles. The van der Waals surface area contributed by atoms with Gasteiger partial charge in [0.05, 0.1) is 13.2 Å². The number of nitrogens with one attached hydrogen (secondary N) is 2. The van der Waals surface area contributed by atoms with Crippen LogP contribution in [0.1, 0.15) is 12.5 Å². The zero-order chi connectivity index (χ0) is 20.2. The maximum atomic E-state index is 13.6. The molecule has 2 N–H and O–H groups in total. The second kappa shape index (κ2) is 14.0. The molecule has 0 radical (unpaired) electrons. The quantitative estimate of drug-likeness (QED) is 0.218. The first-order chi connectivity index (χ1) is 13.6. The van der Waals surface area contributed by atoms with E-state index in [0.29, 0.717) is 32.3 Å². The number of rotatable bonds is 10. The lowest BCUT2D eigenvalue weighted by molar-refractivity contribution is 0.146. The second-order valence-corrected chi connectivity index (χ2v) is 6.15. The van der Waals surface area contributed by atoms with E-state index >= 15 is 0 Å². The van der Waals surface area contributed by atoms with E-state index in [2.05, 4.69) is 15.6 Å². The lowest BCUT2D eigenvalue weighted by Gasteiger charge is -2.18. The Hall–Kier alpha value is -2.07. The van der Waals surface area contributed by atoms with E-state index in [0.717, 1.165) is 11.3 Å². The predicted molar refractivity (Wildman–Crippen MR) is 124 cm³/mol. The van der Waals surface area contributed by atoms with Crippen molar-refractivity contribution >= 4 is 29.9 Å². The molecule has 0 aliphatic rings. The van der Waals surface area contributed by atoms with Crippen molar-refractivity contribution in [2.45, 2.75) is 19.6 Å². The molecule has 0 heterocycles. The minimum atomic E-state index is -0.369. The van der Waals surface area contributed by atoms with Crippen molar-refractivity contribution in [3.63, 3.8) is 0 Å². The van der Waals surface area contributed by atoms with Crippen LogP contribution in [0, 0.1) is 5.82 Å². The topological polar surface area (TPSA) is 64.1 Å². The molecule has 0 spiro atoms. The molecule has 160 valence electrons. The van der Waals surface area contributed by atoms with Gasteiger partial charge < -0.3 is 24.8 Å². The summed E-state index contributed by atoms with van der Waals surface area (Å²) in [5.74, 6) is 1.32. The first-order valence-electron chi connectivity index (χ1n) is 9.18. The van der Waals surface area contributed by atoms with Gasteiger partial charge in [0.1, 0.15) is 18.5 Å². The molecule has 29 heavy (non-hydrogen) atoms. The third-order valence-corrected chi connectivity index (χ3v) is 3.88. The maximum absolute atomic E-state index is 13.6. The van der Waals surface area contributed by atoms with Crippen LogP contribution >= 0.6 is 24.0 Å². The normalized spacial score (nSPS) is 11.9. The smallest absolute Gasteiger partial charge is 0.191 e. The number of ether oxygens (including phenoxy) is 3. The van der Waals surface area contributed by atoms with Gasteiger partial charge in [-0.2, -0.15) is 0 Å². The van der Waals surface area contributed by atoms with Crippen molar-refractivity contribution in [3.05, 3.63) is 59.9 Å². The molecule has 2 aromatic carbocycles. The number of hydrogen-bond acceptors (Lipinski definition) is 4. The summed E-state index contributed by atoms with van der Waals surface area (Å²) in [6.45, 7) is 4.05. The van der Waals surface area contributed by atoms with Crippen molar-refractivity contribution in [1.29, 1.82) is 0 Å². The van der Waals surface area contributed by atoms with Crippen LogP contribution in [0.25, 0.3) is 0 Å². The highest BCUT2D eigenvalue weighted by molar-refractivity contribution is 14.0. The lowest BCUT2D eigenvalue weighted by Crippen LogP contribution is -2.41. The Morgan fingerprint density at radius 2 is 1.79 bits per heavy atom. The summed E-state index contributed by atoms with van der Waals surface area (Å²) in [5, 5.41) is 6.41. The fraction of sp³-hybridized carbons (Fsp3) is 0.381. The lowest BCUT2D eigenvalue weighted by atomic mass is 10.2. The molecule has 0 aromatic heterocycles. The van der Waals surface area contributed by atoms with Gasteiger partial charge in [-0.25, -0.2) is 4.39 Å². The molecule has 1 atom stereocenters. The largest absolute Gasteiger partial charge is 0.491 e. The van der Waals surface area contributed by atoms with Crippen LogP contribution in [-0.4, -0.2) is 46.0 Å². The van der Waals surface area contributed by atoms with Crippen molar-refractivity contribution < 1.29 is 18.6 Å². The second-order valence-electron chi connectivity index (χ2n) is 6.15. The highest BCUT2D eigenvalue weighted by atomic mass is 127. The van der Waals surface area contributed by atoms with E-state index in [1.54, 1.807) is 32.4 Å². The van der Waals surface area contributed by atoms with E-state index in [1.165, 1.54) is 6.07 Å². The minimum Gasteiger partial charge on any atom is -0.491 e. The van der Waals surface area contributed by atoms with Crippen LogP contribution < -0.4 is 20.1 Å². The van der Waals surface area contributed by atoms with Crippen molar-refractivity contribution in [3.8, 4) is 11.5 Å². The van der Waals surface area contributed by atoms with Gasteiger partial charge in [0.2, 0.25) is 0 Å². The van der Waals surface area contributed by atoms with E-state index in [1.807, 2.05) is 31.2 Å². The number of para-hydroxylation sites is 1. The van der Waals surface area contributed by atoms with Crippen LogP contribution in [0.5, 0.6) is 11.5 Å². The first kappa shape index (κ1) is 25.0. The SMILES string of the molecule is CN=C(NCc1ccc(OCCOC)cc1)NCC(C)Oc1ccccc1F.I. The fourth-order valence-corrected chi connectivity index (χ4v) is 2.39. The van der Waals surface area contributed by atoms with Gasteiger partial charge in [0.25, 0.3) is 0 Å². The molecular formula is C21H29FIN3O3. The summed E-state index contributed by atoms with van der Waals surface area (Å²) in [6.07, 6.45) is -0.223. The summed E-state index contributed by atoms with van der Waals surface area (Å²) >= 11 is 0. The van der Waals surface area contributed by atoms with Gasteiger partial charge in [0.15, 0.2) is 17.5 Å². The highest BCUT2D eigenvalue weighted by Crippen LogP contribution is 2.16. The molecule has 0 aliphatic heterocycles. The highest BCUT2D eigenvalue weighted by Gasteiger charge is 2.09. The number of nitrogens with zero attached hydrogens (tertiary/aromatic N) is 1. The van der Waals surface area contributed by atoms with Crippen molar-refractivity contribution in [2.24, 2.45) is 4.99 Å². The maximum Gasteiger partial charge on any atom is 0.191 e. The standard InChI is InChI=1S/C21H28FN3O3.HI/c1-16(28-20-7-5-4-6-19(20)22)14-24-21(23-2)25-15-17-8-10-18(11-9-17)27-13-12-26-3;/h4-11,16H,12-15H2,1-3H3,(H2,23,24,25);1H. The van der Waals surface area contributed by atoms with Gasteiger partial charge in [-0.3, -0.25) is 4.99 Å². The average Bonchev–Trinajstić information content (AvgIpc) is 2.71. The van der Waals surface area contributed by atoms with Crippen LogP contribution in [0.2, 0.25) is 0 Å².